The molecule has 0 saturated carbocycles. The van der Waals surface area contributed by atoms with E-state index in [1.165, 1.54) is 18.0 Å². The van der Waals surface area contributed by atoms with E-state index in [-0.39, 0.29) is 5.78 Å². The molecule has 94 valence electrons. The Balaban J connectivity index is 2.50. The van der Waals surface area contributed by atoms with Crippen LogP contribution in [0.3, 0.4) is 0 Å². The number of nitrogens with zero attached hydrogens (tertiary/aromatic N) is 2. The zero-order chi connectivity index (χ0) is 13.3. The van der Waals surface area contributed by atoms with E-state index in [2.05, 4.69) is 5.10 Å². The average Bonchev–Trinajstić information content (AvgIpc) is 2.68. The smallest absolute Gasteiger partial charge is 0.214 e. The van der Waals surface area contributed by atoms with Crippen molar-refractivity contribution in [3.05, 3.63) is 40.7 Å². The lowest BCUT2D eigenvalue weighted by Gasteiger charge is -2.06. The minimum absolute atomic E-state index is 0.235. The summed E-state index contributed by atoms with van der Waals surface area (Å²) in [6.45, 7) is 0. The first-order valence-corrected chi connectivity index (χ1v) is 5.57. The van der Waals surface area contributed by atoms with Crippen molar-refractivity contribution >= 4 is 23.1 Å². The van der Waals surface area contributed by atoms with Crippen LogP contribution in [0.4, 0.5) is 5.69 Å². The lowest BCUT2D eigenvalue weighted by Crippen LogP contribution is -2.10. The van der Waals surface area contributed by atoms with E-state index < -0.39 is 0 Å². The molecule has 0 amide bonds. The van der Waals surface area contributed by atoms with E-state index >= 15 is 0 Å². The molecule has 18 heavy (non-hydrogen) atoms. The molecule has 0 aliphatic carbocycles. The number of ether oxygens (including phenoxy) is 1. The molecule has 6 heteroatoms. The van der Waals surface area contributed by atoms with Gasteiger partial charge in [-0.15, -0.1) is 0 Å². The summed E-state index contributed by atoms with van der Waals surface area (Å²) in [6.07, 6.45) is 1.49. The van der Waals surface area contributed by atoms with E-state index in [1.807, 2.05) is 0 Å². The van der Waals surface area contributed by atoms with Crippen molar-refractivity contribution in [2.75, 3.05) is 12.8 Å². The molecular weight excluding hydrogens is 254 g/mol. The molecule has 1 aromatic heterocycles. The molecule has 2 N–H and O–H groups in total. The van der Waals surface area contributed by atoms with Crippen LogP contribution < -0.4 is 10.5 Å². The number of aromatic nitrogens is 2. The van der Waals surface area contributed by atoms with Crippen LogP contribution in [-0.4, -0.2) is 22.7 Å². The van der Waals surface area contributed by atoms with Crippen LogP contribution in [0.1, 0.15) is 16.1 Å². The Kier molecular flexibility index (Phi) is 3.25. The van der Waals surface area contributed by atoms with Crippen molar-refractivity contribution in [1.82, 2.24) is 9.78 Å². The quantitative estimate of drug-likeness (QED) is 0.680. The summed E-state index contributed by atoms with van der Waals surface area (Å²) in [5, 5.41) is 4.40. The van der Waals surface area contributed by atoms with Gasteiger partial charge in [0, 0.05) is 23.3 Å². The van der Waals surface area contributed by atoms with Crippen LogP contribution in [0.15, 0.2) is 24.4 Å². The fraction of sp³-hybridized carbons (Fsp3) is 0.167. The Hall–Kier alpha value is -2.01. The normalized spacial score (nSPS) is 10.4. The number of carbonyl (C=O) groups is 1. The molecule has 0 aliphatic rings. The summed E-state index contributed by atoms with van der Waals surface area (Å²) in [5.41, 5.74) is 6.87. The highest BCUT2D eigenvalue weighted by molar-refractivity contribution is 6.31. The highest BCUT2D eigenvalue weighted by Crippen LogP contribution is 2.23. The van der Waals surface area contributed by atoms with Gasteiger partial charge in [-0.1, -0.05) is 11.6 Å². The fourth-order valence-electron chi connectivity index (χ4n) is 1.71. The largest absolute Gasteiger partial charge is 0.493 e. The van der Waals surface area contributed by atoms with Crippen LogP contribution in [0, 0.1) is 0 Å². The first kappa shape index (κ1) is 12.4. The molecule has 0 bridgehead atoms. The van der Waals surface area contributed by atoms with Gasteiger partial charge in [-0.25, -0.2) is 0 Å². The third-order valence-electron chi connectivity index (χ3n) is 2.52. The van der Waals surface area contributed by atoms with Crippen LogP contribution in [0.2, 0.25) is 5.02 Å². The maximum Gasteiger partial charge on any atom is 0.214 e. The summed E-state index contributed by atoms with van der Waals surface area (Å²) in [7, 11) is 3.16. The number of aryl methyl sites for hydroxylation is 1. The SMILES string of the molecule is COc1cnn(C)c1C(=O)c1cc(N)cc(Cl)c1. The molecule has 0 spiro atoms. The number of rotatable bonds is 3. The molecule has 1 aromatic carbocycles. The minimum Gasteiger partial charge on any atom is -0.493 e. The minimum atomic E-state index is -0.235. The number of anilines is 1. The number of methoxy groups -OCH3 is 1. The van der Waals surface area contributed by atoms with E-state index in [4.69, 9.17) is 22.1 Å². The van der Waals surface area contributed by atoms with Crippen molar-refractivity contribution < 1.29 is 9.53 Å². The highest BCUT2D eigenvalue weighted by atomic mass is 35.5. The van der Waals surface area contributed by atoms with Crippen LogP contribution in [-0.2, 0) is 7.05 Å². The molecule has 0 aliphatic heterocycles. The summed E-state index contributed by atoms with van der Waals surface area (Å²) < 4.78 is 6.56. The van der Waals surface area contributed by atoms with E-state index in [1.54, 1.807) is 25.2 Å². The Bertz CT molecular complexity index is 587. The molecule has 0 atom stereocenters. The van der Waals surface area contributed by atoms with Gasteiger partial charge in [0.1, 0.15) is 0 Å². The summed E-state index contributed by atoms with van der Waals surface area (Å²) in [6, 6.07) is 4.71. The lowest BCUT2D eigenvalue weighted by atomic mass is 10.1. The first-order chi connectivity index (χ1) is 8.52. The molecule has 0 fully saturated rings. The van der Waals surface area contributed by atoms with Crippen molar-refractivity contribution in [3.63, 3.8) is 0 Å². The second-order valence-electron chi connectivity index (χ2n) is 3.79. The van der Waals surface area contributed by atoms with Crippen LogP contribution in [0.5, 0.6) is 5.75 Å². The molecule has 1 heterocycles. The Morgan fingerprint density at radius 2 is 2.17 bits per heavy atom. The summed E-state index contributed by atoms with van der Waals surface area (Å²) in [4.78, 5) is 12.4. The van der Waals surface area contributed by atoms with Gasteiger partial charge in [0.2, 0.25) is 5.78 Å². The van der Waals surface area contributed by atoms with Crippen molar-refractivity contribution in [2.45, 2.75) is 0 Å². The van der Waals surface area contributed by atoms with Gasteiger partial charge in [0.25, 0.3) is 0 Å². The number of ketones is 1. The summed E-state index contributed by atoms with van der Waals surface area (Å²) in [5.74, 6) is 0.182. The van der Waals surface area contributed by atoms with Crippen molar-refractivity contribution in [3.8, 4) is 5.75 Å². The Morgan fingerprint density at radius 1 is 1.44 bits per heavy atom. The predicted octanol–water partition coefficient (Wildman–Crippen LogP) is 1.90. The van der Waals surface area contributed by atoms with Gasteiger partial charge in [0.05, 0.1) is 13.3 Å². The number of nitrogens with two attached hydrogens (primary N) is 1. The van der Waals surface area contributed by atoms with Gasteiger partial charge in [-0.3, -0.25) is 9.48 Å². The van der Waals surface area contributed by atoms with Crippen LogP contribution in [0.25, 0.3) is 0 Å². The number of hydrogen-bond donors (Lipinski definition) is 1. The predicted molar refractivity (Wildman–Crippen MR) is 69.1 cm³/mol. The number of benzene rings is 1. The first-order valence-electron chi connectivity index (χ1n) is 5.19. The van der Waals surface area contributed by atoms with E-state index in [0.717, 1.165) is 0 Å². The lowest BCUT2D eigenvalue weighted by molar-refractivity contribution is 0.102. The maximum atomic E-state index is 12.4. The summed E-state index contributed by atoms with van der Waals surface area (Å²) >= 11 is 5.88. The van der Waals surface area contributed by atoms with E-state index in [9.17, 15) is 4.79 Å². The number of nitrogen functional groups attached to an aromatic ring is 1. The average molecular weight is 266 g/mol. The molecule has 5 nitrogen and oxygen atoms in total. The zero-order valence-corrected chi connectivity index (χ0v) is 10.7. The number of hydrogen-bond acceptors (Lipinski definition) is 4. The monoisotopic (exact) mass is 265 g/mol. The topological polar surface area (TPSA) is 70.1 Å². The van der Waals surface area contributed by atoms with Crippen molar-refractivity contribution in [2.24, 2.45) is 7.05 Å². The molecular formula is C12H12ClN3O2. The molecule has 0 radical (unpaired) electrons. The second-order valence-corrected chi connectivity index (χ2v) is 4.22. The third kappa shape index (κ3) is 2.17. The number of carbonyl (C=O) groups excluding carboxylic acids is 1. The van der Waals surface area contributed by atoms with Crippen molar-refractivity contribution in [1.29, 1.82) is 0 Å². The van der Waals surface area contributed by atoms with Gasteiger partial charge in [-0.05, 0) is 18.2 Å². The van der Waals surface area contributed by atoms with Gasteiger partial charge in [-0.2, -0.15) is 5.10 Å². The van der Waals surface area contributed by atoms with Gasteiger partial charge in [0.15, 0.2) is 11.4 Å². The Labute approximate surface area is 109 Å². The Morgan fingerprint density at radius 3 is 2.78 bits per heavy atom. The fourth-order valence-corrected chi connectivity index (χ4v) is 1.95. The molecule has 0 saturated heterocycles. The van der Waals surface area contributed by atoms with Gasteiger partial charge >= 0.3 is 0 Å². The number of halogens is 1. The molecule has 0 unspecified atom stereocenters. The highest BCUT2D eigenvalue weighted by Gasteiger charge is 2.19. The standard InChI is InChI=1S/C12H12ClN3O2/c1-16-11(10(18-2)6-15-16)12(17)7-3-8(13)5-9(14)4-7/h3-6H,14H2,1-2H3. The molecule has 2 rings (SSSR count). The van der Waals surface area contributed by atoms with E-state index in [0.29, 0.717) is 27.7 Å². The second kappa shape index (κ2) is 4.70. The zero-order valence-electron chi connectivity index (χ0n) is 9.98. The van der Waals surface area contributed by atoms with Gasteiger partial charge < -0.3 is 10.5 Å². The van der Waals surface area contributed by atoms with Crippen LogP contribution >= 0.6 is 11.6 Å². The maximum absolute atomic E-state index is 12.4. The molecule has 2 aromatic rings. The third-order valence-corrected chi connectivity index (χ3v) is 2.74.